The first-order chi connectivity index (χ1) is 10.5. The van der Waals surface area contributed by atoms with Crippen molar-refractivity contribution in [2.45, 2.75) is 20.3 Å². The molecule has 3 aromatic rings. The summed E-state index contributed by atoms with van der Waals surface area (Å²) in [6.45, 7) is 3.45. The summed E-state index contributed by atoms with van der Waals surface area (Å²) in [6, 6.07) is 8.24. The molecule has 0 bridgehead atoms. The van der Waals surface area contributed by atoms with E-state index in [0.717, 1.165) is 5.69 Å². The lowest BCUT2D eigenvalue weighted by atomic mass is 10.1. The fourth-order valence-electron chi connectivity index (χ4n) is 2.30. The Morgan fingerprint density at radius 1 is 1.32 bits per heavy atom. The minimum Gasteiger partial charge on any atom is -0.293 e. The van der Waals surface area contributed by atoms with Gasteiger partial charge in [0, 0.05) is 28.7 Å². The van der Waals surface area contributed by atoms with E-state index in [1.807, 2.05) is 6.92 Å². The first-order valence-electron chi connectivity index (χ1n) is 6.85. The third-order valence-electron chi connectivity index (χ3n) is 3.43. The van der Waals surface area contributed by atoms with Crippen LogP contribution in [0, 0.1) is 5.82 Å². The minimum atomic E-state index is -0.359. The molecule has 0 radical (unpaired) electrons. The summed E-state index contributed by atoms with van der Waals surface area (Å²) in [5.41, 5.74) is 2.70. The molecule has 0 aliphatic heterocycles. The van der Waals surface area contributed by atoms with E-state index in [2.05, 4.69) is 26.0 Å². The Kier molecular flexibility index (Phi) is 3.78. The van der Waals surface area contributed by atoms with Gasteiger partial charge in [-0.1, -0.05) is 22.9 Å². The van der Waals surface area contributed by atoms with Gasteiger partial charge in [-0.3, -0.25) is 4.79 Å². The summed E-state index contributed by atoms with van der Waals surface area (Å²) in [5, 5.41) is 4.43. The number of fused-ring (bicyclic) bond motifs is 1. The summed E-state index contributed by atoms with van der Waals surface area (Å²) in [4.78, 5) is 15.9. The SMILES string of the molecule is CCc1cc(C(C)=O)nc2cc(-c3ccc(Br)cc3F)nn12. The maximum atomic E-state index is 14.1. The molecular formula is C16H13BrFN3O. The van der Waals surface area contributed by atoms with Crippen LogP contribution in [0.25, 0.3) is 16.9 Å². The van der Waals surface area contributed by atoms with E-state index in [9.17, 15) is 9.18 Å². The average Bonchev–Trinajstić information content (AvgIpc) is 2.89. The number of halogens is 2. The monoisotopic (exact) mass is 361 g/mol. The molecule has 0 aliphatic carbocycles. The number of carbonyl (C=O) groups excluding carboxylic acids is 1. The molecule has 0 saturated carbocycles. The third-order valence-corrected chi connectivity index (χ3v) is 3.92. The molecule has 0 N–H and O–H groups in total. The molecule has 0 spiro atoms. The predicted molar refractivity (Wildman–Crippen MR) is 85.5 cm³/mol. The van der Waals surface area contributed by atoms with Crippen LogP contribution in [0.15, 0.2) is 34.8 Å². The van der Waals surface area contributed by atoms with E-state index >= 15 is 0 Å². The highest BCUT2D eigenvalue weighted by atomic mass is 79.9. The van der Waals surface area contributed by atoms with Gasteiger partial charge in [0.15, 0.2) is 11.4 Å². The second-order valence-electron chi connectivity index (χ2n) is 4.97. The molecule has 2 heterocycles. The second-order valence-corrected chi connectivity index (χ2v) is 5.88. The van der Waals surface area contributed by atoms with Crippen LogP contribution in [0.2, 0.25) is 0 Å². The fourth-order valence-corrected chi connectivity index (χ4v) is 2.63. The lowest BCUT2D eigenvalue weighted by molar-refractivity contribution is 0.101. The van der Waals surface area contributed by atoms with Crippen LogP contribution >= 0.6 is 15.9 Å². The van der Waals surface area contributed by atoms with Crippen molar-refractivity contribution >= 4 is 27.4 Å². The van der Waals surface area contributed by atoms with Crippen molar-refractivity contribution in [1.82, 2.24) is 14.6 Å². The number of rotatable bonds is 3. The first kappa shape index (κ1) is 14.8. The Balaban J connectivity index is 2.22. The van der Waals surface area contributed by atoms with E-state index < -0.39 is 0 Å². The van der Waals surface area contributed by atoms with Crippen molar-refractivity contribution in [1.29, 1.82) is 0 Å². The van der Waals surface area contributed by atoms with Crippen LogP contribution in [0.4, 0.5) is 4.39 Å². The zero-order valence-corrected chi connectivity index (χ0v) is 13.7. The van der Waals surface area contributed by atoms with Crippen LogP contribution in [0.5, 0.6) is 0 Å². The lowest BCUT2D eigenvalue weighted by Gasteiger charge is -2.03. The standard InChI is InChI=1S/C16H13BrFN3O/c1-3-11-7-14(9(2)22)19-16-8-15(20-21(11)16)12-5-4-10(17)6-13(12)18/h4-8H,3H2,1-2H3. The van der Waals surface area contributed by atoms with Crippen molar-refractivity contribution in [3.63, 3.8) is 0 Å². The molecular weight excluding hydrogens is 349 g/mol. The number of ketones is 1. The van der Waals surface area contributed by atoms with E-state index in [1.54, 1.807) is 28.8 Å². The Morgan fingerprint density at radius 3 is 2.73 bits per heavy atom. The molecule has 4 nitrogen and oxygen atoms in total. The number of Topliss-reactive ketones (excluding diaryl/α,β-unsaturated/α-hetero) is 1. The number of hydrogen-bond donors (Lipinski definition) is 0. The second kappa shape index (κ2) is 5.61. The average molecular weight is 362 g/mol. The summed E-state index contributed by atoms with van der Waals surface area (Å²) in [5.74, 6) is -0.461. The van der Waals surface area contributed by atoms with Crippen LogP contribution in [0.1, 0.15) is 30.0 Å². The molecule has 0 fully saturated rings. The first-order valence-corrected chi connectivity index (χ1v) is 7.65. The maximum Gasteiger partial charge on any atom is 0.178 e. The highest BCUT2D eigenvalue weighted by Crippen LogP contribution is 2.25. The van der Waals surface area contributed by atoms with E-state index in [4.69, 9.17) is 0 Å². The zero-order valence-electron chi connectivity index (χ0n) is 12.1. The van der Waals surface area contributed by atoms with E-state index in [-0.39, 0.29) is 11.6 Å². The summed E-state index contributed by atoms with van der Waals surface area (Å²) in [7, 11) is 0. The Morgan fingerprint density at radius 2 is 2.09 bits per heavy atom. The highest BCUT2D eigenvalue weighted by Gasteiger charge is 2.14. The van der Waals surface area contributed by atoms with Crippen molar-refractivity contribution in [2.75, 3.05) is 0 Å². The van der Waals surface area contributed by atoms with Gasteiger partial charge in [0.1, 0.15) is 11.5 Å². The number of benzene rings is 1. The molecule has 1 aromatic carbocycles. The van der Waals surface area contributed by atoms with Crippen molar-refractivity contribution < 1.29 is 9.18 Å². The van der Waals surface area contributed by atoms with Gasteiger partial charge in [0.25, 0.3) is 0 Å². The van der Waals surface area contributed by atoms with E-state index in [1.165, 1.54) is 13.0 Å². The topological polar surface area (TPSA) is 47.3 Å². The van der Waals surface area contributed by atoms with Crippen LogP contribution in [-0.2, 0) is 6.42 Å². The Hall–Kier alpha value is -2.08. The molecule has 3 rings (SSSR count). The normalized spacial score (nSPS) is 11.1. The van der Waals surface area contributed by atoms with Gasteiger partial charge >= 0.3 is 0 Å². The van der Waals surface area contributed by atoms with Gasteiger partial charge in [-0.2, -0.15) is 5.10 Å². The number of nitrogens with zero attached hydrogens (tertiary/aromatic N) is 3. The van der Waals surface area contributed by atoms with Gasteiger partial charge in [-0.25, -0.2) is 13.9 Å². The fraction of sp³-hybridized carbons (Fsp3) is 0.188. The molecule has 2 aromatic heterocycles. The van der Waals surface area contributed by atoms with Crippen molar-refractivity contribution in [2.24, 2.45) is 0 Å². The Bertz CT molecular complexity index is 888. The smallest absolute Gasteiger partial charge is 0.178 e. The highest BCUT2D eigenvalue weighted by molar-refractivity contribution is 9.10. The minimum absolute atomic E-state index is 0.102. The maximum absolute atomic E-state index is 14.1. The van der Waals surface area contributed by atoms with Gasteiger partial charge in [-0.15, -0.1) is 0 Å². The Labute approximate surface area is 135 Å². The summed E-state index contributed by atoms with van der Waals surface area (Å²) >= 11 is 3.24. The third kappa shape index (κ3) is 2.54. The molecule has 112 valence electrons. The molecule has 6 heteroatoms. The zero-order chi connectivity index (χ0) is 15.9. The quantitative estimate of drug-likeness (QED) is 0.660. The van der Waals surface area contributed by atoms with Gasteiger partial charge in [-0.05, 0) is 30.7 Å². The lowest BCUT2D eigenvalue weighted by Crippen LogP contribution is -2.05. The number of aromatic nitrogens is 3. The van der Waals surface area contributed by atoms with Crippen LogP contribution in [0.3, 0.4) is 0 Å². The largest absolute Gasteiger partial charge is 0.293 e. The molecule has 0 saturated heterocycles. The molecule has 0 unspecified atom stereocenters. The van der Waals surface area contributed by atoms with Gasteiger partial charge in [0.2, 0.25) is 0 Å². The summed E-state index contributed by atoms with van der Waals surface area (Å²) < 4.78 is 16.4. The summed E-state index contributed by atoms with van der Waals surface area (Å²) in [6.07, 6.45) is 0.698. The van der Waals surface area contributed by atoms with E-state index in [0.29, 0.717) is 33.5 Å². The molecule has 0 amide bonds. The predicted octanol–water partition coefficient (Wildman–Crippen LogP) is 4.06. The number of hydrogen-bond acceptors (Lipinski definition) is 3. The number of carbonyl (C=O) groups is 1. The van der Waals surface area contributed by atoms with Crippen LogP contribution in [-0.4, -0.2) is 20.4 Å². The molecule has 22 heavy (non-hydrogen) atoms. The number of aryl methyl sites for hydroxylation is 1. The van der Waals surface area contributed by atoms with Crippen molar-refractivity contribution in [3.8, 4) is 11.3 Å². The van der Waals surface area contributed by atoms with Crippen molar-refractivity contribution in [3.05, 3.63) is 52.0 Å². The van der Waals surface area contributed by atoms with Gasteiger partial charge < -0.3 is 0 Å². The van der Waals surface area contributed by atoms with Gasteiger partial charge in [0.05, 0.1) is 5.69 Å². The molecule has 0 aliphatic rings. The van der Waals surface area contributed by atoms with Crippen LogP contribution < -0.4 is 0 Å². The molecule has 0 atom stereocenters.